The van der Waals surface area contributed by atoms with Gasteiger partial charge in [-0.1, -0.05) is 13.3 Å². The smallest absolute Gasteiger partial charge is 0.0443 e. The third-order valence-electron chi connectivity index (χ3n) is 4.86. The highest BCUT2D eigenvalue weighted by Gasteiger charge is 2.33. The van der Waals surface area contributed by atoms with Crippen molar-refractivity contribution in [1.82, 2.24) is 10.2 Å². The maximum atomic E-state index is 8.85. The van der Waals surface area contributed by atoms with E-state index in [4.69, 9.17) is 5.11 Å². The molecule has 1 heterocycles. The minimum atomic E-state index is 0.303. The molecular formula is C15H30N2O. The Morgan fingerprint density at radius 3 is 2.72 bits per heavy atom. The third-order valence-corrected chi connectivity index (χ3v) is 4.86. The molecule has 3 heteroatoms. The topological polar surface area (TPSA) is 35.5 Å². The van der Waals surface area contributed by atoms with Gasteiger partial charge in [-0.2, -0.15) is 0 Å². The van der Waals surface area contributed by atoms with Crippen LogP contribution < -0.4 is 5.32 Å². The molecule has 18 heavy (non-hydrogen) atoms. The molecule has 0 bridgehead atoms. The molecule has 2 fully saturated rings. The van der Waals surface area contributed by atoms with Gasteiger partial charge < -0.3 is 10.4 Å². The Bertz CT molecular complexity index is 243. The molecule has 1 saturated carbocycles. The SMILES string of the molecule is CC1CC(NCCCO)CN(C(C)C2CCC2)C1. The van der Waals surface area contributed by atoms with Gasteiger partial charge in [-0.25, -0.2) is 0 Å². The van der Waals surface area contributed by atoms with Crippen molar-refractivity contribution in [3.63, 3.8) is 0 Å². The lowest BCUT2D eigenvalue weighted by Gasteiger charge is -2.45. The van der Waals surface area contributed by atoms with Gasteiger partial charge in [0.25, 0.3) is 0 Å². The highest BCUT2D eigenvalue weighted by atomic mass is 16.3. The molecule has 2 aliphatic rings. The third kappa shape index (κ3) is 3.69. The summed E-state index contributed by atoms with van der Waals surface area (Å²) in [4.78, 5) is 2.70. The average molecular weight is 254 g/mol. The summed E-state index contributed by atoms with van der Waals surface area (Å²) in [5.41, 5.74) is 0. The summed E-state index contributed by atoms with van der Waals surface area (Å²) in [7, 11) is 0. The molecule has 1 aliphatic heterocycles. The van der Waals surface area contributed by atoms with Crippen LogP contribution in [0.3, 0.4) is 0 Å². The largest absolute Gasteiger partial charge is 0.396 e. The maximum Gasteiger partial charge on any atom is 0.0443 e. The molecule has 0 aromatic carbocycles. The van der Waals surface area contributed by atoms with Gasteiger partial charge in [0.05, 0.1) is 0 Å². The number of aliphatic hydroxyl groups excluding tert-OH is 1. The Morgan fingerprint density at radius 2 is 2.11 bits per heavy atom. The molecule has 0 spiro atoms. The van der Waals surface area contributed by atoms with Crippen LogP contribution in [0.2, 0.25) is 0 Å². The summed E-state index contributed by atoms with van der Waals surface area (Å²) in [5.74, 6) is 1.75. The molecule has 2 rings (SSSR count). The summed E-state index contributed by atoms with van der Waals surface area (Å²) in [5, 5.41) is 12.5. The summed E-state index contributed by atoms with van der Waals surface area (Å²) in [6.07, 6.45) is 6.49. The van der Waals surface area contributed by atoms with E-state index < -0.39 is 0 Å². The zero-order valence-corrected chi connectivity index (χ0v) is 12.1. The van der Waals surface area contributed by atoms with Crippen LogP contribution in [-0.2, 0) is 0 Å². The van der Waals surface area contributed by atoms with Gasteiger partial charge in [0.2, 0.25) is 0 Å². The van der Waals surface area contributed by atoms with Gasteiger partial charge in [-0.3, -0.25) is 4.90 Å². The van der Waals surface area contributed by atoms with Crippen molar-refractivity contribution in [2.24, 2.45) is 11.8 Å². The molecule has 1 aliphatic carbocycles. The molecule has 0 aromatic heterocycles. The number of likely N-dealkylation sites (tertiary alicyclic amines) is 1. The predicted octanol–water partition coefficient (Wildman–Crippen LogP) is 1.86. The number of aliphatic hydroxyl groups is 1. The zero-order valence-electron chi connectivity index (χ0n) is 12.1. The van der Waals surface area contributed by atoms with Crippen LogP contribution in [-0.4, -0.2) is 48.3 Å². The lowest BCUT2D eigenvalue weighted by Crippen LogP contribution is -2.54. The van der Waals surface area contributed by atoms with Crippen LogP contribution >= 0.6 is 0 Å². The second-order valence-electron chi connectivity index (χ2n) is 6.45. The van der Waals surface area contributed by atoms with Crippen molar-refractivity contribution in [2.45, 2.75) is 58.0 Å². The lowest BCUT2D eigenvalue weighted by atomic mass is 9.79. The predicted molar refractivity (Wildman–Crippen MR) is 75.7 cm³/mol. The van der Waals surface area contributed by atoms with E-state index >= 15 is 0 Å². The van der Waals surface area contributed by atoms with Crippen molar-refractivity contribution in [1.29, 1.82) is 0 Å². The summed E-state index contributed by atoms with van der Waals surface area (Å²) in [6.45, 7) is 8.54. The van der Waals surface area contributed by atoms with E-state index in [1.165, 1.54) is 38.8 Å². The maximum absolute atomic E-state index is 8.85. The lowest BCUT2D eigenvalue weighted by molar-refractivity contribution is 0.0555. The standard InChI is InChI=1S/C15H30N2O/c1-12-9-15(16-7-4-8-18)11-17(10-12)13(2)14-5-3-6-14/h12-16,18H,3-11H2,1-2H3. The Kier molecular flexibility index (Phi) is 5.46. The van der Waals surface area contributed by atoms with Crippen LogP contribution in [0.5, 0.6) is 0 Å². The Hall–Kier alpha value is -0.120. The monoisotopic (exact) mass is 254 g/mol. The van der Waals surface area contributed by atoms with Crippen LogP contribution in [0.25, 0.3) is 0 Å². The second kappa shape index (κ2) is 6.88. The minimum absolute atomic E-state index is 0.303. The normalized spacial score (nSPS) is 32.2. The number of hydrogen-bond acceptors (Lipinski definition) is 3. The molecule has 2 N–H and O–H groups in total. The number of nitrogens with zero attached hydrogens (tertiary/aromatic N) is 1. The van der Waals surface area contributed by atoms with Gasteiger partial charge in [0.15, 0.2) is 0 Å². The number of nitrogens with one attached hydrogen (secondary N) is 1. The van der Waals surface area contributed by atoms with E-state index in [-0.39, 0.29) is 0 Å². The number of rotatable bonds is 6. The first-order valence-corrected chi connectivity index (χ1v) is 7.79. The van der Waals surface area contributed by atoms with E-state index in [1.54, 1.807) is 0 Å². The second-order valence-corrected chi connectivity index (χ2v) is 6.45. The highest BCUT2D eigenvalue weighted by molar-refractivity contribution is 4.88. The molecule has 1 saturated heterocycles. The Balaban J connectivity index is 1.79. The average Bonchev–Trinajstić information content (AvgIpc) is 2.26. The van der Waals surface area contributed by atoms with Crippen LogP contribution in [0, 0.1) is 11.8 Å². The molecule has 0 aromatic rings. The van der Waals surface area contributed by atoms with Crippen LogP contribution in [0.1, 0.15) is 46.0 Å². The van der Waals surface area contributed by atoms with E-state index in [1.807, 2.05) is 0 Å². The molecule has 3 unspecified atom stereocenters. The zero-order chi connectivity index (χ0) is 13.0. The summed E-state index contributed by atoms with van der Waals surface area (Å²) in [6, 6.07) is 1.39. The van der Waals surface area contributed by atoms with E-state index in [9.17, 15) is 0 Å². The van der Waals surface area contributed by atoms with Crippen LogP contribution in [0.4, 0.5) is 0 Å². The molecule has 106 valence electrons. The Labute approximate surface area is 112 Å². The Morgan fingerprint density at radius 1 is 1.33 bits per heavy atom. The molecular weight excluding hydrogens is 224 g/mol. The van der Waals surface area contributed by atoms with E-state index in [0.29, 0.717) is 12.6 Å². The fourth-order valence-corrected chi connectivity index (χ4v) is 3.48. The fraction of sp³-hybridized carbons (Fsp3) is 1.00. The van der Waals surface area contributed by atoms with Crippen molar-refractivity contribution in [3.05, 3.63) is 0 Å². The van der Waals surface area contributed by atoms with Crippen molar-refractivity contribution in [2.75, 3.05) is 26.2 Å². The van der Waals surface area contributed by atoms with Gasteiger partial charge in [0, 0.05) is 31.8 Å². The van der Waals surface area contributed by atoms with Gasteiger partial charge in [0.1, 0.15) is 0 Å². The number of hydrogen-bond donors (Lipinski definition) is 2. The molecule has 0 radical (unpaired) electrons. The quantitative estimate of drug-likeness (QED) is 0.710. The fourth-order valence-electron chi connectivity index (χ4n) is 3.48. The summed E-state index contributed by atoms with van der Waals surface area (Å²) >= 11 is 0. The first kappa shape index (κ1) is 14.3. The van der Waals surface area contributed by atoms with Crippen molar-refractivity contribution >= 4 is 0 Å². The van der Waals surface area contributed by atoms with Gasteiger partial charge >= 0.3 is 0 Å². The number of piperidine rings is 1. The first-order valence-electron chi connectivity index (χ1n) is 7.79. The minimum Gasteiger partial charge on any atom is -0.396 e. The van der Waals surface area contributed by atoms with Crippen molar-refractivity contribution < 1.29 is 5.11 Å². The van der Waals surface area contributed by atoms with Crippen molar-refractivity contribution in [3.8, 4) is 0 Å². The van der Waals surface area contributed by atoms with Crippen LogP contribution in [0.15, 0.2) is 0 Å². The van der Waals surface area contributed by atoms with E-state index in [2.05, 4.69) is 24.1 Å². The molecule has 3 atom stereocenters. The molecule has 3 nitrogen and oxygen atoms in total. The van der Waals surface area contributed by atoms with Gasteiger partial charge in [-0.15, -0.1) is 0 Å². The highest BCUT2D eigenvalue weighted by Crippen LogP contribution is 2.33. The summed E-state index contributed by atoms with van der Waals surface area (Å²) < 4.78 is 0. The van der Waals surface area contributed by atoms with Gasteiger partial charge in [-0.05, 0) is 51.0 Å². The molecule has 0 amide bonds. The van der Waals surface area contributed by atoms with E-state index in [0.717, 1.165) is 30.8 Å². The first-order chi connectivity index (χ1) is 8.70.